The molecule has 0 radical (unpaired) electrons. The molecular formula is C25H25F4N5O2. The van der Waals surface area contributed by atoms with Crippen molar-refractivity contribution in [3.8, 4) is 11.1 Å². The highest BCUT2D eigenvalue weighted by atomic mass is 19.4. The Morgan fingerprint density at radius 1 is 1.11 bits per heavy atom. The summed E-state index contributed by atoms with van der Waals surface area (Å²) in [6.45, 7) is 5.06. The normalized spacial score (nSPS) is 23.0. The summed E-state index contributed by atoms with van der Waals surface area (Å²) in [7, 11) is 1.98. The van der Waals surface area contributed by atoms with Crippen molar-refractivity contribution in [2.45, 2.75) is 32.1 Å². The van der Waals surface area contributed by atoms with Crippen LogP contribution in [0.1, 0.15) is 13.8 Å². The number of aromatic nitrogens is 1. The molecule has 11 heteroatoms. The monoisotopic (exact) mass is 503 g/mol. The Bertz CT molecular complexity index is 1220. The lowest BCUT2D eigenvalue weighted by atomic mass is 9.95. The summed E-state index contributed by atoms with van der Waals surface area (Å²) in [4.78, 5) is 35.9. The van der Waals surface area contributed by atoms with Gasteiger partial charge in [-0.15, -0.1) is 0 Å². The van der Waals surface area contributed by atoms with Crippen molar-refractivity contribution in [2.24, 2.45) is 10.9 Å². The largest absolute Gasteiger partial charge is 0.414 e. The number of piperazine rings is 1. The van der Waals surface area contributed by atoms with E-state index in [1.165, 1.54) is 24.5 Å². The van der Waals surface area contributed by atoms with E-state index in [1.807, 2.05) is 25.8 Å². The number of carbonyl (C=O) groups excluding carboxylic acids is 2. The van der Waals surface area contributed by atoms with E-state index in [4.69, 9.17) is 0 Å². The third-order valence-electron chi connectivity index (χ3n) is 6.61. The van der Waals surface area contributed by atoms with Crippen LogP contribution in [0.2, 0.25) is 0 Å². The van der Waals surface area contributed by atoms with Crippen LogP contribution in [-0.4, -0.2) is 66.3 Å². The van der Waals surface area contributed by atoms with Gasteiger partial charge < -0.3 is 10.2 Å². The SMILES string of the molecule is C[C@@H]1CN(c2cc(F)c(-c3ccncc3)cc2NC(=O)C2C=NC(=O)C=C2C(F)(F)F)C[C@H](C)N1C. The summed E-state index contributed by atoms with van der Waals surface area (Å²) in [5.41, 5.74) is -0.146. The van der Waals surface area contributed by atoms with Crippen LogP contribution < -0.4 is 10.2 Å². The van der Waals surface area contributed by atoms with Gasteiger partial charge in [0.25, 0.3) is 5.91 Å². The van der Waals surface area contributed by atoms with E-state index in [0.29, 0.717) is 36.6 Å². The smallest absolute Gasteiger partial charge is 0.367 e. The molecule has 2 aliphatic heterocycles. The van der Waals surface area contributed by atoms with Crippen LogP contribution in [0.15, 0.2) is 53.3 Å². The average molecular weight is 504 g/mol. The molecule has 0 spiro atoms. The van der Waals surface area contributed by atoms with Gasteiger partial charge in [-0.25, -0.2) is 9.38 Å². The first kappa shape index (κ1) is 25.5. The zero-order valence-electron chi connectivity index (χ0n) is 19.9. The highest BCUT2D eigenvalue weighted by Gasteiger charge is 2.43. The molecule has 2 amide bonds. The standard InChI is InChI=1S/C25H25F4N5O2/c1-14-12-34(13-15(2)33(14)3)22-10-20(26)17(16-4-6-30-7-5-16)8-21(22)32-24(36)18-11-31-23(35)9-19(18)25(27,28)29/h4-11,14-15,18H,12-13H2,1-3H3,(H,32,36)/t14-,15+,18?. The minimum atomic E-state index is -4.90. The Morgan fingerprint density at radius 3 is 2.36 bits per heavy atom. The van der Waals surface area contributed by atoms with Gasteiger partial charge in [-0.1, -0.05) is 0 Å². The molecule has 3 atom stereocenters. The number of hydrogen-bond donors (Lipinski definition) is 1. The Labute approximate surface area is 205 Å². The number of nitrogens with one attached hydrogen (secondary N) is 1. The average Bonchev–Trinajstić information content (AvgIpc) is 2.83. The van der Waals surface area contributed by atoms with Crippen molar-refractivity contribution in [1.82, 2.24) is 9.88 Å². The van der Waals surface area contributed by atoms with Gasteiger partial charge in [-0.2, -0.15) is 13.2 Å². The second kappa shape index (κ2) is 9.81. The number of anilines is 2. The van der Waals surface area contributed by atoms with Crippen LogP contribution in [0, 0.1) is 11.7 Å². The first-order valence-corrected chi connectivity index (χ1v) is 11.3. The van der Waals surface area contributed by atoms with Gasteiger partial charge in [0.1, 0.15) is 11.7 Å². The van der Waals surface area contributed by atoms with Crippen LogP contribution in [0.3, 0.4) is 0 Å². The molecular weight excluding hydrogens is 478 g/mol. The van der Waals surface area contributed by atoms with Crippen LogP contribution >= 0.6 is 0 Å². The first-order chi connectivity index (χ1) is 17.0. The predicted molar refractivity (Wildman–Crippen MR) is 128 cm³/mol. The van der Waals surface area contributed by atoms with Crippen molar-refractivity contribution in [2.75, 3.05) is 30.4 Å². The van der Waals surface area contributed by atoms with Crippen molar-refractivity contribution in [3.63, 3.8) is 0 Å². The summed E-state index contributed by atoms with van der Waals surface area (Å²) in [5, 5.41) is 2.55. The van der Waals surface area contributed by atoms with Crippen molar-refractivity contribution in [3.05, 3.63) is 54.1 Å². The van der Waals surface area contributed by atoms with E-state index in [0.717, 1.165) is 0 Å². The fraction of sp³-hybridized carbons (Fsp3) is 0.360. The Kier molecular flexibility index (Phi) is 6.94. The third kappa shape index (κ3) is 5.15. The van der Waals surface area contributed by atoms with Crippen molar-refractivity contribution in [1.29, 1.82) is 0 Å². The molecule has 2 aromatic rings. The summed E-state index contributed by atoms with van der Waals surface area (Å²) in [5.74, 6) is -4.49. The lowest BCUT2D eigenvalue weighted by molar-refractivity contribution is -0.124. The number of halogens is 4. The zero-order chi connectivity index (χ0) is 26.2. The van der Waals surface area contributed by atoms with E-state index in [1.54, 1.807) is 12.1 Å². The number of likely N-dealkylation sites (N-methyl/N-ethyl adjacent to an activating group) is 1. The number of rotatable bonds is 4. The second-order valence-corrected chi connectivity index (χ2v) is 9.03. The second-order valence-electron chi connectivity index (χ2n) is 9.03. The number of benzene rings is 1. The molecule has 1 N–H and O–H groups in total. The molecule has 0 bridgehead atoms. The van der Waals surface area contributed by atoms with Gasteiger partial charge in [-0.3, -0.25) is 19.5 Å². The highest BCUT2D eigenvalue weighted by Crippen LogP contribution is 2.38. The maximum Gasteiger partial charge on any atom is 0.414 e. The molecule has 1 aromatic heterocycles. The van der Waals surface area contributed by atoms with Crippen molar-refractivity contribution >= 4 is 29.4 Å². The summed E-state index contributed by atoms with van der Waals surface area (Å²) < 4.78 is 56.0. The molecule has 1 aromatic carbocycles. The Morgan fingerprint density at radius 2 is 1.75 bits per heavy atom. The summed E-state index contributed by atoms with van der Waals surface area (Å²) >= 11 is 0. The fourth-order valence-corrected chi connectivity index (χ4v) is 4.44. The van der Waals surface area contributed by atoms with E-state index < -0.39 is 35.3 Å². The van der Waals surface area contributed by atoms with Gasteiger partial charge in [0.05, 0.1) is 16.9 Å². The van der Waals surface area contributed by atoms with Gasteiger partial charge in [0, 0.05) is 55.4 Å². The molecule has 1 saturated heterocycles. The quantitative estimate of drug-likeness (QED) is 0.637. The van der Waals surface area contributed by atoms with Gasteiger partial charge in [0.15, 0.2) is 0 Å². The van der Waals surface area contributed by atoms with E-state index in [9.17, 15) is 22.8 Å². The van der Waals surface area contributed by atoms with Crippen molar-refractivity contribution < 1.29 is 27.2 Å². The predicted octanol–water partition coefficient (Wildman–Crippen LogP) is 4.07. The molecule has 4 rings (SSSR count). The van der Waals surface area contributed by atoms with E-state index in [-0.39, 0.29) is 23.3 Å². The maximum atomic E-state index is 15.3. The first-order valence-electron chi connectivity index (χ1n) is 11.3. The molecule has 36 heavy (non-hydrogen) atoms. The third-order valence-corrected chi connectivity index (χ3v) is 6.61. The van der Waals surface area contributed by atoms with Crippen LogP contribution in [0.4, 0.5) is 28.9 Å². The molecule has 2 aliphatic rings. The number of pyridine rings is 1. The Hall–Kier alpha value is -3.60. The molecule has 7 nitrogen and oxygen atoms in total. The molecule has 1 fully saturated rings. The van der Waals surface area contributed by atoms with Gasteiger partial charge >= 0.3 is 6.18 Å². The molecule has 0 saturated carbocycles. The number of nitrogens with zero attached hydrogens (tertiary/aromatic N) is 4. The van der Waals surface area contributed by atoms with Gasteiger partial charge in [-0.05, 0) is 50.7 Å². The summed E-state index contributed by atoms with van der Waals surface area (Å²) in [6.07, 6.45) is -0.920. The number of amides is 2. The van der Waals surface area contributed by atoms with Crippen LogP contribution in [0.5, 0.6) is 0 Å². The van der Waals surface area contributed by atoms with Gasteiger partial charge in [0.2, 0.25) is 5.91 Å². The minimum Gasteiger partial charge on any atom is -0.367 e. The van der Waals surface area contributed by atoms with Crippen LogP contribution in [-0.2, 0) is 9.59 Å². The molecule has 0 aliphatic carbocycles. The number of dihydropyridines is 1. The maximum absolute atomic E-state index is 15.3. The lowest BCUT2D eigenvalue weighted by Crippen LogP contribution is -2.55. The highest BCUT2D eigenvalue weighted by molar-refractivity contribution is 6.11. The number of aliphatic imine (C=N–C) groups is 1. The molecule has 1 unspecified atom stereocenters. The minimum absolute atomic E-state index is 0.108. The fourth-order valence-electron chi connectivity index (χ4n) is 4.44. The Balaban J connectivity index is 1.76. The zero-order valence-corrected chi connectivity index (χ0v) is 19.9. The number of hydrogen-bond acceptors (Lipinski definition) is 5. The van der Waals surface area contributed by atoms with Crippen LogP contribution in [0.25, 0.3) is 11.1 Å². The lowest BCUT2D eigenvalue weighted by Gasteiger charge is -2.44. The number of alkyl halides is 3. The topological polar surface area (TPSA) is 77.9 Å². The van der Waals surface area contributed by atoms with E-state index in [2.05, 4.69) is 20.2 Å². The summed E-state index contributed by atoms with van der Waals surface area (Å²) in [6, 6.07) is 6.09. The molecule has 3 heterocycles. The molecule has 190 valence electrons. The number of carbonyl (C=O) groups is 2. The van der Waals surface area contributed by atoms with E-state index >= 15 is 4.39 Å².